The molecule has 0 saturated carbocycles. The lowest BCUT2D eigenvalue weighted by Gasteiger charge is -2.17. The van der Waals surface area contributed by atoms with Gasteiger partial charge in [0.05, 0.1) is 5.69 Å². The zero-order valence-corrected chi connectivity index (χ0v) is 10.7. The van der Waals surface area contributed by atoms with Gasteiger partial charge < -0.3 is 15.0 Å². The SMILES string of the molecule is COC(C)(C)c1noc(-c2ccnc(CN)c2)n1. The van der Waals surface area contributed by atoms with Crippen molar-refractivity contribution < 1.29 is 9.26 Å². The number of aromatic nitrogens is 3. The van der Waals surface area contributed by atoms with E-state index >= 15 is 0 Å². The lowest BCUT2D eigenvalue weighted by atomic mass is 10.1. The van der Waals surface area contributed by atoms with Crippen LogP contribution < -0.4 is 5.73 Å². The summed E-state index contributed by atoms with van der Waals surface area (Å²) in [6.07, 6.45) is 1.67. The molecule has 0 amide bonds. The molecule has 2 aromatic heterocycles. The molecule has 0 atom stereocenters. The largest absolute Gasteiger partial charge is 0.371 e. The fraction of sp³-hybridized carbons (Fsp3) is 0.417. The van der Waals surface area contributed by atoms with Gasteiger partial charge in [-0.2, -0.15) is 4.98 Å². The van der Waals surface area contributed by atoms with Gasteiger partial charge in [-0.25, -0.2) is 0 Å². The third kappa shape index (κ3) is 2.39. The van der Waals surface area contributed by atoms with Crippen LogP contribution >= 0.6 is 0 Å². The molecule has 0 radical (unpaired) electrons. The number of pyridine rings is 1. The van der Waals surface area contributed by atoms with E-state index in [0.29, 0.717) is 18.3 Å². The fourth-order valence-electron chi connectivity index (χ4n) is 1.40. The second-order valence-electron chi connectivity index (χ2n) is 4.38. The third-order valence-corrected chi connectivity index (χ3v) is 2.75. The molecule has 0 aliphatic carbocycles. The van der Waals surface area contributed by atoms with Gasteiger partial charge in [0.2, 0.25) is 5.82 Å². The first-order chi connectivity index (χ1) is 8.56. The molecule has 0 aromatic carbocycles. The first-order valence-electron chi connectivity index (χ1n) is 5.61. The Kier molecular flexibility index (Phi) is 3.40. The highest BCUT2D eigenvalue weighted by atomic mass is 16.5. The van der Waals surface area contributed by atoms with Crippen LogP contribution in [0.25, 0.3) is 11.5 Å². The van der Waals surface area contributed by atoms with Crippen molar-refractivity contribution in [3.63, 3.8) is 0 Å². The highest BCUT2D eigenvalue weighted by Crippen LogP contribution is 2.24. The molecule has 18 heavy (non-hydrogen) atoms. The van der Waals surface area contributed by atoms with Crippen molar-refractivity contribution in [1.29, 1.82) is 0 Å². The molecular formula is C12H16N4O2. The highest BCUT2D eigenvalue weighted by molar-refractivity contribution is 5.52. The molecule has 0 fully saturated rings. The van der Waals surface area contributed by atoms with Gasteiger partial charge >= 0.3 is 0 Å². The van der Waals surface area contributed by atoms with Crippen LogP contribution in [0.4, 0.5) is 0 Å². The standard InChI is InChI=1S/C12H16N4O2/c1-12(2,17-3)11-15-10(18-16-11)8-4-5-14-9(6-8)7-13/h4-6H,7,13H2,1-3H3. The van der Waals surface area contributed by atoms with Crippen LogP contribution in [-0.2, 0) is 16.9 Å². The topological polar surface area (TPSA) is 87.1 Å². The van der Waals surface area contributed by atoms with Crippen molar-refractivity contribution >= 4 is 0 Å². The summed E-state index contributed by atoms with van der Waals surface area (Å²) in [6.45, 7) is 4.12. The number of nitrogens with two attached hydrogens (primary N) is 1. The van der Waals surface area contributed by atoms with E-state index in [0.717, 1.165) is 11.3 Å². The van der Waals surface area contributed by atoms with Crippen LogP contribution in [0.3, 0.4) is 0 Å². The van der Waals surface area contributed by atoms with E-state index in [1.54, 1.807) is 19.4 Å². The van der Waals surface area contributed by atoms with Gasteiger partial charge in [0.1, 0.15) is 5.60 Å². The lowest BCUT2D eigenvalue weighted by molar-refractivity contribution is 0.00973. The van der Waals surface area contributed by atoms with Gasteiger partial charge in [0.25, 0.3) is 5.89 Å². The minimum absolute atomic E-state index is 0.373. The third-order valence-electron chi connectivity index (χ3n) is 2.75. The van der Waals surface area contributed by atoms with Crippen LogP contribution in [0.5, 0.6) is 0 Å². The highest BCUT2D eigenvalue weighted by Gasteiger charge is 2.26. The number of nitrogens with zero attached hydrogens (tertiary/aromatic N) is 3. The molecule has 2 N–H and O–H groups in total. The summed E-state index contributed by atoms with van der Waals surface area (Å²) in [6, 6.07) is 3.63. The molecule has 0 spiro atoms. The second-order valence-corrected chi connectivity index (χ2v) is 4.38. The van der Waals surface area contributed by atoms with Gasteiger partial charge in [-0.15, -0.1) is 0 Å². The van der Waals surface area contributed by atoms with Gasteiger partial charge in [0, 0.05) is 25.4 Å². The predicted molar refractivity (Wildman–Crippen MR) is 65.5 cm³/mol. The number of rotatable bonds is 4. The van der Waals surface area contributed by atoms with Crippen LogP contribution in [0.1, 0.15) is 25.4 Å². The monoisotopic (exact) mass is 248 g/mol. The minimum atomic E-state index is -0.578. The van der Waals surface area contributed by atoms with Crippen molar-refractivity contribution in [2.24, 2.45) is 5.73 Å². The summed E-state index contributed by atoms with van der Waals surface area (Å²) < 4.78 is 10.5. The number of ether oxygens (including phenoxy) is 1. The Labute approximate surface area is 105 Å². The molecule has 0 unspecified atom stereocenters. The molecule has 6 heteroatoms. The number of hydrogen-bond acceptors (Lipinski definition) is 6. The Balaban J connectivity index is 2.35. The van der Waals surface area contributed by atoms with Crippen LogP contribution in [0.2, 0.25) is 0 Å². The fourth-order valence-corrected chi connectivity index (χ4v) is 1.40. The first-order valence-corrected chi connectivity index (χ1v) is 5.61. The normalized spacial score (nSPS) is 11.8. The minimum Gasteiger partial charge on any atom is -0.371 e. The molecule has 2 heterocycles. The Hall–Kier alpha value is -1.79. The quantitative estimate of drug-likeness (QED) is 0.881. The maximum absolute atomic E-state index is 5.54. The number of methoxy groups -OCH3 is 1. The van der Waals surface area contributed by atoms with Gasteiger partial charge in [-0.3, -0.25) is 4.98 Å². The lowest BCUT2D eigenvalue weighted by Crippen LogP contribution is -2.21. The van der Waals surface area contributed by atoms with E-state index in [9.17, 15) is 0 Å². The van der Waals surface area contributed by atoms with Gasteiger partial charge in [-0.05, 0) is 26.0 Å². The van der Waals surface area contributed by atoms with Crippen LogP contribution in [0.15, 0.2) is 22.9 Å². The van der Waals surface area contributed by atoms with Crippen molar-refractivity contribution in [3.8, 4) is 11.5 Å². The van der Waals surface area contributed by atoms with Crippen molar-refractivity contribution in [2.75, 3.05) is 7.11 Å². The molecular weight excluding hydrogens is 232 g/mol. The second kappa shape index (κ2) is 4.83. The average molecular weight is 248 g/mol. The average Bonchev–Trinajstić information content (AvgIpc) is 2.89. The Bertz CT molecular complexity index is 536. The van der Waals surface area contributed by atoms with E-state index < -0.39 is 5.60 Å². The number of hydrogen-bond donors (Lipinski definition) is 1. The summed E-state index contributed by atoms with van der Waals surface area (Å²) >= 11 is 0. The van der Waals surface area contributed by atoms with Crippen molar-refractivity contribution in [1.82, 2.24) is 15.1 Å². The van der Waals surface area contributed by atoms with E-state index in [1.165, 1.54) is 0 Å². The summed E-state index contributed by atoms with van der Waals surface area (Å²) in [5, 5.41) is 3.93. The molecule has 96 valence electrons. The van der Waals surface area contributed by atoms with E-state index in [1.807, 2.05) is 19.9 Å². The summed E-state index contributed by atoms with van der Waals surface area (Å²) in [5.41, 5.74) is 6.54. The summed E-state index contributed by atoms with van der Waals surface area (Å²) in [4.78, 5) is 8.44. The molecule has 0 saturated heterocycles. The summed E-state index contributed by atoms with van der Waals surface area (Å²) in [5.74, 6) is 0.943. The van der Waals surface area contributed by atoms with Gasteiger partial charge in [0.15, 0.2) is 0 Å². The predicted octanol–water partition coefficient (Wildman–Crippen LogP) is 1.47. The molecule has 2 rings (SSSR count). The van der Waals surface area contributed by atoms with Gasteiger partial charge in [-0.1, -0.05) is 5.16 Å². The first kappa shape index (κ1) is 12.7. The van der Waals surface area contributed by atoms with Crippen LogP contribution in [0, 0.1) is 0 Å². The Morgan fingerprint density at radius 2 is 2.22 bits per heavy atom. The Morgan fingerprint density at radius 3 is 2.89 bits per heavy atom. The van der Waals surface area contributed by atoms with E-state index in [2.05, 4.69) is 15.1 Å². The summed E-state index contributed by atoms with van der Waals surface area (Å²) in [7, 11) is 1.61. The maximum atomic E-state index is 5.54. The van der Waals surface area contributed by atoms with Crippen molar-refractivity contribution in [3.05, 3.63) is 29.8 Å². The Morgan fingerprint density at radius 1 is 1.44 bits per heavy atom. The van der Waals surface area contributed by atoms with Crippen molar-refractivity contribution in [2.45, 2.75) is 26.0 Å². The van der Waals surface area contributed by atoms with E-state index in [-0.39, 0.29) is 0 Å². The maximum Gasteiger partial charge on any atom is 0.258 e. The van der Waals surface area contributed by atoms with Crippen LogP contribution in [-0.4, -0.2) is 22.2 Å². The smallest absolute Gasteiger partial charge is 0.258 e. The molecule has 2 aromatic rings. The molecule has 6 nitrogen and oxygen atoms in total. The van der Waals surface area contributed by atoms with E-state index in [4.69, 9.17) is 15.0 Å². The molecule has 0 bridgehead atoms. The molecule has 0 aliphatic rings. The zero-order valence-electron chi connectivity index (χ0n) is 10.7. The molecule has 0 aliphatic heterocycles. The zero-order chi connectivity index (χ0) is 13.2.